The molecule has 0 spiro atoms. The lowest BCUT2D eigenvalue weighted by Crippen LogP contribution is -2.38. The first-order valence-electron chi connectivity index (χ1n) is 27.2. The normalized spacial score (nSPS) is 17.5. The highest BCUT2D eigenvalue weighted by Gasteiger charge is 2.31. The van der Waals surface area contributed by atoms with E-state index in [1.807, 2.05) is 118 Å². The van der Waals surface area contributed by atoms with Gasteiger partial charge in [-0.25, -0.2) is 14.6 Å². The highest BCUT2D eigenvalue weighted by atomic mass is 16.5. The van der Waals surface area contributed by atoms with Gasteiger partial charge in [-0.05, 0) is 121 Å². The Labute approximate surface area is 451 Å². The Morgan fingerprint density at radius 2 is 1.16 bits per heavy atom. The zero-order chi connectivity index (χ0) is 53.3. The van der Waals surface area contributed by atoms with Gasteiger partial charge in [0, 0.05) is 100 Å². The Balaban J connectivity index is 0.000000179. The summed E-state index contributed by atoms with van der Waals surface area (Å²) in [5, 5.41) is 21.0. The van der Waals surface area contributed by atoms with E-state index in [2.05, 4.69) is 56.6 Å². The number of pyridine rings is 2. The predicted octanol–water partition coefficient (Wildman–Crippen LogP) is 9.75. The van der Waals surface area contributed by atoms with Crippen LogP contribution in [0.3, 0.4) is 0 Å². The first-order chi connectivity index (χ1) is 37.6. The van der Waals surface area contributed by atoms with Crippen molar-refractivity contribution in [3.05, 3.63) is 138 Å². The second-order valence-corrected chi connectivity index (χ2v) is 20.9. The molecular weight excluding hydrogens is 969 g/mol. The van der Waals surface area contributed by atoms with E-state index >= 15 is 0 Å². The minimum Gasteiger partial charge on any atom is -0.497 e. The molecule has 402 valence electrons. The predicted molar refractivity (Wildman–Crippen MR) is 302 cm³/mol. The molecule has 4 aliphatic rings. The molecule has 3 N–H and O–H groups in total. The molecule has 17 nitrogen and oxygen atoms in total. The Hall–Kier alpha value is -7.76. The standard InChI is InChI=1S/C34H40N6O3.C26H32N6O2/c1-24-8-14-29(15-9-24)43-30-18-19-35-34-32(30)33(37-40(34)23-25-10-16-28(42-3)17-11-25)36-22-27-6-4-21-39(27)31(41)7-5-20-38(2)26-12-13-26;1-18-7-11-21(12-8-18)34-22-13-14-27-25-24(22)26(30-29-25)28-17-20-5-3-16-32(20)23(33)6-4-15-31(2)19-9-10-19/h5,7-11,14-19,26-27H,4,6,12-13,20-23H2,1-3H3,(H,36,37);4,6-8,11-14,19-20H,3,5,9-10,15-17H2,1-2H3,(H2,27,28,29,30)/b7-5+;6-4+/t27-;20-/m00/s1. The third-order valence-electron chi connectivity index (χ3n) is 15.0. The van der Waals surface area contributed by atoms with Crippen LogP contribution in [0.1, 0.15) is 68.1 Å². The summed E-state index contributed by atoms with van der Waals surface area (Å²) in [6, 6.07) is 29.2. The third kappa shape index (κ3) is 13.4. The lowest BCUT2D eigenvalue weighted by Gasteiger charge is -2.24. The first kappa shape index (κ1) is 52.7. The van der Waals surface area contributed by atoms with E-state index in [4.69, 9.17) is 24.3 Å². The van der Waals surface area contributed by atoms with Crippen molar-refractivity contribution in [2.75, 3.05) is 71.1 Å². The molecule has 3 aromatic carbocycles. The fourth-order valence-electron chi connectivity index (χ4n) is 10.2. The van der Waals surface area contributed by atoms with Crippen molar-refractivity contribution in [2.24, 2.45) is 0 Å². The molecule has 11 rings (SSSR count). The van der Waals surface area contributed by atoms with Gasteiger partial charge in [0.25, 0.3) is 0 Å². The molecule has 2 aliphatic heterocycles. The van der Waals surface area contributed by atoms with Crippen LogP contribution < -0.4 is 24.8 Å². The largest absolute Gasteiger partial charge is 0.497 e. The quantitative estimate of drug-likeness (QED) is 0.0582. The average Bonchev–Trinajstić information content (AvgIpc) is 4.30. The number of H-pyrrole nitrogens is 1. The van der Waals surface area contributed by atoms with E-state index in [1.54, 1.807) is 31.7 Å². The van der Waals surface area contributed by atoms with Gasteiger partial charge in [-0.2, -0.15) is 10.2 Å². The smallest absolute Gasteiger partial charge is 0.246 e. The average molecular weight is 1040 g/mol. The number of methoxy groups -OCH3 is 1. The minimum absolute atomic E-state index is 0.0773. The number of nitrogens with zero attached hydrogens (tertiary/aromatic N) is 9. The number of ether oxygens (including phenoxy) is 3. The highest BCUT2D eigenvalue weighted by molar-refractivity contribution is 5.94. The Kier molecular flexibility index (Phi) is 16.8. The van der Waals surface area contributed by atoms with Gasteiger partial charge in [0.15, 0.2) is 22.9 Å². The Morgan fingerprint density at radius 3 is 1.69 bits per heavy atom. The maximum absolute atomic E-state index is 13.1. The van der Waals surface area contributed by atoms with Crippen molar-refractivity contribution in [1.29, 1.82) is 0 Å². The number of amides is 2. The number of fused-ring (bicyclic) bond motifs is 2. The van der Waals surface area contributed by atoms with Crippen molar-refractivity contribution >= 4 is 45.5 Å². The molecule has 6 heterocycles. The molecule has 17 heteroatoms. The molecule has 2 saturated carbocycles. The number of rotatable bonds is 21. The van der Waals surface area contributed by atoms with Crippen LogP contribution in [0.25, 0.3) is 22.1 Å². The summed E-state index contributed by atoms with van der Waals surface area (Å²) < 4.78 is 19.7. The Bertz CT molecular complexity index is 3160. The number of hydrogen-bond acceptors (Lipinski definition) is 13. The topological polar surface area (TPSA) is 171 Å². The monoisotopic (exact) mass is 1040 g/mol. The first-order valence-corrected chi connectivity index (χ1v) is 27.2. The maximum atomic E-state index is 13.1. The van der Waals surface area contributed by atoms with E-state index in [9.17, 15) is 9.59 Å². The lowest BCUT2D eigenvalue weighted by atomic mass is 10.2. The summed E-state index contributed by atoms with van der Waals surface area (Å²) in [6.07, 6.45) is 19.9. The van der Waals surface area contributed by atoms with Crippen molar-refractivity contribution in [1.82, 2.24) is 49.5 Å². The van der Waals surface area contributed by atoms with E-state index in [1.165, 1.54) is 36.8 Å². The van der Waals surface area contributed by atoms with E-state index in [-0.39, 0.29) is 23.9 Å². The van der Waals surface area contributed by atoms with Gasteiger partial charge >= 0.3 is 0 Å². The summed E-state index contributed by atoms with van der Waals surface area (Å²) in [5.41, 5.74) is 4.81. The molecule has 77 heavy (non-hydrogen) atoms. The van der Waals surface area contributed by atoms with Crippen molar-refractivity contribution in [3.63, 3.8) is 0 Å². The van der Waals surface area contributed by atoms with Gasteiger partial charge in [0.2, 0.25) is 11.8 Å². The number of aromatic amines is 1. The molecule has 0 radical (unpaired) electrons. The number of aryl methyl sites for hydroxylation is 2. The van der Waals surface area contributed by atoms with Gasteiger partial charge in [0.05, 0.1) is 13.7 Å². The number of hydrogen-bond donors (Lipinski definition) is 3. The molecule has 4 aromatic heterocycles. The zero-order valence-corrected chi connectivity index (χ0v) is 45.0. The van der Waals surface area contributed by atoms with Crippen molar-refractivity contribution in [3.8, 4) is 28.7 Å². The highest BCUT2D eigenvalue weighted by Crippen LogP contribution is 2.36. The molecule has 0 bridgehead atoms. The molecule has 2 amide bonds. The molecule has 2 aliphatic carbocycles. The minimum atomic E-state index is 0.0773. The fraction of sp³-hybridized carbons (Fsp3) is 0.400. The van der Waals surface area contributed by atoms with Crippen LogP contribution in [0.2, 0.25) is 0 Å². The second-order valence-electron chi connectivity index (χ2n) is 20.9. The van der Waals surface area contributed by atoms with Gasteiger partial charge in [0.1, 0.15) is 39.5 Å². The second kappa shape index (κ2) is 24.5. The summed E-state index contributed by atoms with van der Waals surface area (Å²) in [4.78, 5) is 43.6. The van der Waals surface area contributed by atoms with Crippen LogP contribution in [0.5, 0.6) is 28.7 Å². The molecular formula is C60H72N12O5. The van der Waals surface area contributed by atoms with Crippen LogP contribution in [0.15, 0.2) is 122 Å². The number of nitrogens with one attached hydrogen (secondary N) is 3. The van der Waals surface area contributed by atoms with Gasteiger partial charge in [-0.15, -0.1) is 0 Å². The third-order valence-corrected chi connectivity index (χ3v) is 15.0. The maximum Gasteiger partial charge on any atom is 0.246 e. The molecule has 2 atom stereocenters. The molecule has 4 fully saturated rings. The summed E-state index contributed by atoms with van der Waals surface area (Å²) in [5.74, 6) is 5.23. The Morgan fingerprint density at radius 1 is 0.649 bits per heavy atom. The van der Waals surface area contributed by atoms with Gasteiger partial charge < -0.3 is 34.6 Å². The summed E-state index contributed by atoms with van der Waals surface area (Å²) in [6.45, 7) is 9.05. The molecule has 2 saturated heterocycles. The summed E-state index contributed by atoms with van der Waals surface area (Å²) in [7, 11) is 5.91. The number of benzene rings is 3. The number of aromatic nitrogens is 6. The number of likely N-dealkylation sites (N-methyl/N-ethyl adjacent to an activating group) is 2. The van der Waals surface area contributed by atoms with Gasteiger partial charge in [-0.3, -0.25) is 24.5 Å². The van der Waals surface area contributed by atoms with Crippen LogP contribution in [0, 0.1) is 13.8 Å². The fourth-order valence-corrected chi connectivity index (χ4v) is 10.2. The number of carbonyl (C=O) groups is 2. The van der Waals surface area contributed by atoms with Crippen molar-refractivity contribution in [2.45, 2.75) is 95.9 Å². The molecule has 0 unspecified atom stereocenters. The van der Waals surface area contributed by atoms with Gasteiger partial charge in [-0.1, -0.05) is 59.7 Å². The lowest BCUT2D eigenvalue weighted by molar-refractivity contribution is -0.127. The molecule has 7 aromatic rings. The number of anilines is 2. The van der Waals surface area contributed by atoms with Crippen LogP contribution >= 0.6 is 0 Å². The SMILES string of the molecule is COc1ccc(Cn2nc(NC[C@@H]3CCCN3C(=O)/C=C/CN(C)C3CC3)c3c(Oc4ccc(C)cc4)ccnc32)cc1.Cc1ccc(Oc2ccnc3[nH]nc(NC[C@@H]4CCCN4C(=O)/C=C/CN(C)C4CC4)c23)cc1. The van der Waals surface area contributed by atoms with Crippen LogP contribution in [0.4, 0.5) is 11.6 Å². The van der Waals surface area contributed by atoms with Crippen molar-refractivity contribution < 1.29 is 23.8 Å². The van der Waals surface area contributed by atoms with E-state index < -0.39 is 0 Å². The van der Waals surface area contributed by atoms with E-state index in [0.717, 1.165) is 91.1 Å². The number of likely N-dealkylation sites (tertiary alicyclic amines) is 2. The van der Waals surface area contributed by atoms with Crippen LogP contribution in [-0.2, 0) is 16.1 Å². The van der Waals surface area contributed by atoms with E-state index in [0.29, 0.717) is 60.5 Å². The summed E-state index contributed by atoms with van der Waals surface area (Å²) >= 11 is 0. The zero-order valence-electron chi connectivity index (χ0n) is 45.0. The number of carbonyl (C=O) groups excluding carboxylic acids is 2. The van der Waals surface area contributed by atoms with Crippen LogP contribution in [-0.4, -0.2) is 146 Å².